The number of nitrogens with two attached hydrogens (primary N) is 1. The van der Waals surface area contributed by atoms with Crippen LogP contribution in [0.3, 0.4) is 0 Å². The van der Waals surface area contributed by atoms with E-state index in [1.165, 1.54) is 47.1 Å². The number of aliphatic hydroxyl groups excluding tert-OH is 2. The Kier molecular flexibility index (Phi) is 22.3. The average molecular weight is 1030 g/mol. The molecule has 4 aromatic rings. The smallest absolute Gasteiger partial charge is 0.306 e. The minimum absolute atomic E-state index is 0.0116. The summed E-state index contributed by atoms with van der Waals surface area (Å²) in [5, 5.41) is 25.6. The molecule has 2 fully saturated rings. The Hall–Kier alpha value is -4.47. The van der Waals surface area contributed by atoms with Gasteiger partial charge in [0.1, 0.15) is 17.6 Å². The lowest BCUT2D eigenvalue weighted by Gasteiger charge is -2.35. The maximum Gasteiger partial charge on any atom is 0.306 e. The average Bonchev–Trinajstić information content (AvgIpc) is 3.77. The molecular formula is C53H76N4O12S2. The number of ether oxygens (including phenoxy) is 5. The first kappa shape index (κ1) is 57.4. The van der Waals surface area contributed by atoms with Crippen molar-refractivity contribution in [3.63, 3.8) is 0 Å². The molecule has 8 atom stereocenters. The second-order valence-corrected chi connectivity index (χ2v) is 22.9. The predicted molar refractivity (Wildman–Crippen MR) is 273 cm³/mol. The molecule has 0 spiro atoms. The number of fused-ring (bicyclic) bond motifs is 1. The fraction of sp³-hybridized carbons (Fsp3) is 0.528. The number of nitrogens with zero attached hydrogens (tertiary/aromatic N) is 2. The van der Waals surface area contributed by atoms with Gasteiger partial charge in [0.25, 0.3) is 0 Å². The van der Waals surface area contributed by atoms with Gasteiger partial charge in [-0.2, -0.15) is 8.61 Å². The molecule has 5 N–H and O–H groups in total. The van der Waals surface area contributed by atoms with E-state index in [4.69, 9.17) is 29.4 Å². The van der Waals surface area contributed by atoms with Crippen LogP contribution < -0.4 is 20.5 Å². The quantitative estimate of drug-likeness (QED) is 0.0603. The molecule has 16 nitrogen and oxygen atoms in total. The van der Waals surface area contributed by atoms with Crippen LogP contribution in [0.4, 0.5) is 0 Å². The molecule has 4 aromatic carbocycles. The van der Waals surface area contributed by atoms with E-state index in [-0.39, 0.29) is 65.7 Å². The molecule has 18 heteroatoms. The van der Waals surface area contributed by atoms with Crippen LogP contribution in [-0.2, 0) is 51.9 Å². The molecule has 2 saturated heterocycles. The van der Waals surface area contributed by atoms with Crippen molar-refractivity contribution in [3.8, 4) is 11.5 Å². The van der Waals surface area contributed by atoms with Crippen LogP contribution in [0.15, 0.2) is 119 Å². The van der Waals surface area contributed by atoms with Gasteiger partial charge in [-0.25, -0.2) is 16.8 Å². The number of hydrogen-bond acceptors (Lipinski definition) is 14. The number of methoxy groups -OCH3 is 2. The lowest BCUT2D eigenvalue weighted by atomic mass is 9.89. The lowest BCUT2D eigenvalue weighted by molar-refractivity contribution is -0.196. The standard InChI is InChI=1S/C32H46N2O8S.C21H30N2O4S/c1-5-33-27-21-41-32-31(27)29(15-16-40-32)42-30(36)18-24(17-23-9-7-6-8-10-23)28(35)20-34(19-22(2)3)43(37,38)26-13-11-25(39-4)12-14-26;1-16(2)14-23(28(25,26)19-11-9-18(27-3)10-12-19)15-21(24)20(22)13-17-7-5-4-6-8-17/h6-14,22,24,27-29,31-33,35H,5,15-21H2,1-4H3;4-12,16,20-21,24H,13-15,22H2,1-3H3/t24-,27+,28-,29+,31+,32+;20-,21+/m10/s1. The third kappa shape index (κ3) is 16.8. The van der Waals surface area contributed by atoms with Gasteiger partial charge < -0.3 is 44.9 Å². The molecule has 2 aliphatic heterocycles. The molecule has 71 heavy (non-hydrogen) atoms. The van der Waals surface area contributed by atoms with Crippen LogP contribution in [0.5, 0.6) is 11.5 Å². The van der Waals surface area contributed by atoms with Crippen LogP contribution >= 0.6 is 0 Å². The number of benzene rings is 4. The highest BCUT2D eigenvalue weighted by atomic mass is 32.2. The molecule has 2 aliphatic rings. The summed E-state index contributed by atoms with van der Waals surface area (Å²) in [7, 11) is -4.64. The second-order valence-electron chi connectivity index (χ2n) is 19.1. The first-order valence-corrected chi connectivity index (χ1v) is 27.4. The summed E-state index contributed by atoms with van der Waals surface area (Å²) >= 11 is 0. The van der Waals surface area contributed by atoms with Crippen molar-refractivity contribution < 1.29 is 55.5 Å². The maximum atomic E-state index is 13.7. The van der Waals surface area contributed by atoms with Gasteiger partial charge in [-0.05, 0) is 90.9 Å². The second kappa shape index (κ2) is 27.5. The van der Waals surface area contributed by atoms with Gasteiger partial charge in [0.2, 0.25) is 20.0 Å². The van der Waals surface area contributed by atoms with E-state index in [1.54, 1.807) is 24.3 Å². The Morgan fingerprint density at radius 2 is 1.18 bits per heavy atom. The lowest BCUT2D eigenvalue weighted by Crippen LogP contribution is -2.49. The normalized spacial score (nSPS) is 19.9. The largest absolute Gasteiger partial charge is 0.497 e. The van der Waals surface area contributed by atoms with Gasteiger partial charge in [-0.15, -0.1) is 0 Å². The molecule has 2 heterocycles. The van der Waals surface area contributed by atoms with Crippen LogP contribution in [0.25, 0.3) is 0 Å². The fourth-order valence-electron chi connectivity index (χ4n) is 8.86. The Balaban J connectivity index is 0.000000290. The van der Waals surface area contributed by atoms with Gasteiger partial charge in [-0.3, -0.25) is 4.79 Å². The van der Waals surface area contributed by atoms with E-state index in [2.05, 4.69) is 5.32 Å². The van der Waals surface area contributed by atoms with E-state index in [0.29, 0.717) is 50.5 Å². The number of sulfonamides is 2. The first-order valence-electron chi connectivity index (χ1n) is 24.5. The van der Waals surface area contributed by atoms with Crippen LogP contribution in [0, 0.1) is 23.7 Å². The van der Waals surface area contributed by atoms with Gasteiger partial charge in [-0.1, -0.05) is 95.3 Å². The molecule has 6 rings (SSSR count). The van der Waals surface area contributed by atoms with Crippen molar-refractivity contribution in [1.29, 1.82) is 0 Å². The first-order chi connectivity index (χ1) is 33.9. The van der Waals surface area contributed by atoms with Crippen LogP contribution in [0.2, 0.25) is 0 Å². The van der Waals surface area contributed by atoms with Crippen molar-refractivity contribution >= 4 is 26.0 Å². The van der Waals surface area contributed by atoms with Crippen LogP contribution in [0.1, 0.15) is 58.6 Å². The predicted octanol–water partition coefficient (Wildman–Crippen LogP) is 5.51. The fourth-order valence-corrected chi connectivity index (χ4v) is 12.1. The van der Waals surface area contributed by atoms with E-state index >= 15 is 0 Å². The van der Waals surface area contributed by atoms with Crippen molar-refractivity contribution in [3.05, 3.63) is 120 Å². The summed E-state index contributed by atoms with van der Waals surface area (Å²) in [6, 6.07) is 31.1. The molecule has 0 bridgehead atoms. The molecule has 392 valence electrons. The number of nitrogens with one attached hydrogen (secondary N) is 1. The number of aliphatic hydroxyl groups is 2. The summed E-state index contributed by atoms with van der Waals surface area (Å²) in [6.07, 6.45) is -1.53. The van der Waals surface area contributed by atoms with Gasteiger partial charge in [0, 0.05) is 50.6 Å². The van der Waals surface area contributed by atoms with Crippen molar-refractivity contribution in [2.24, 2.45) is 29.4 Å². The molecule has 0 amide bonds. The van der Waals surface area contributed by atoms with E-state index in [9.17, 15) is 31.8 Å². The zero-order valence-corrected chi connectivity index (χ0v) is 43.8. The summed E-state index contributed by atoms with van der Waals surface area (Å²) in [5.74, 6) is 0.123. The number of likely N-dealkylation sites (N-methyl/N-ethyl adjacent to an activating group) is 1. The Morgan fingerprint density at radius 3 is 1.65 bits per heavy atom. The van der Waals surface area contributed by atoms with E-state index < -0.39 is 56.5 Å². The minimum atomic E-state index is -3.93. The third-order valence-electron chi connectivity index (χ3n) is 12.5. The number of carbonyl (C=O) groups is 1. The van der Waals surface area contributed by atoms with Crippen molar-refractivity contribution in [1.82, 2.24) is 13.9 Å². The summed E-state index contributed by atoms with van der Waals surface area (Å²) in [5.41, 5.74) is 8.10. The van der Waals surface area contributed by atoms with Gasteiger partial charge >= 0.3 is 5.97 Å². The summed E-state index contributed by atoms with van der Waals surface area (Å²) < 4.78 is 84.2. The van der Waals surface area contributed by atoms with E-state index in [0.717, 1.165) is 17.7 Å². The highest BCUT2D eigenvalue weighted by Crippen LogP contribution is 2.34. The van der Waals surface area contributed by atoms with Crippen molar-refractivity contribution in [2.75, 3.05) is 60.2 Å². The third-order valence-corrected chi connectivity index (χ3v) is 16.2. The Morgan fingerprint density at radius 1 is 0.704 bits per heavy atom. The maximum absolute atomic E-state index is 13.7. The molecule has 0 saturated carbocycles. The number of hydrogen-bond donors (Lipinski definition) is 4. The topological polar surface area (TPSA) is 216 Å². The Bertz CT molecular complexity index is 2420. The van der Waals surface area contributed by atoms with Gasteiger partial charge in [0.15, 0.2) is 6.29 Å². The molecular weight excluding hydrogens is 949 g/mol. The SMILES string of the molecule is CCN[C@H]1CO[C@@H]2OCC[C@H](OC(=O)C[C@@H](Cc3ccccc3)[C@H](O)CN(CC(C)C)S(=O)(=O)c3ccc(OC)cc3)[C@@H]21.COc1ccc(S(=O)(=O)N(CC(C)C)C[C@@H](O)[C@@H](N)Cc2ccccc2)cc1. The zero-order valence-electron chi connectivity index (χ0n) is 42.2. The monoisotopic (exact) mass is 1020 g/mol. The molecule has 0 radical (unpaired) electrons. The van der Waals surface area contributed by atoms with E-state index in [1.807, 2.05) is 95.3 Å². The van der Waals surface area contributed by atoms with Gasteiger partial charge in [0.05, 0.1) is 61.8 Å². The van der Waals surface area contributed by atoms with Crippen LogP contribution in [-0.4, -0.2) is 138 Å². The highest BCUT2D eigenvalue weighted by Gasteiger charge is 2.47. The summed E-state index contributed by atoms with van der Waals surface area (Å²) in [4.78, 5) is 13.7. The number of esters is 1. The molecule has 0 aliphatic carbocycles. The summed E-state index contributed by atoms with van der Waals surface area (Å²) in [6.45, 7) is 11.7. The molecule has 0 aromatic heterocycles. The Labute approximate surface area is 421 Å². The number of carbonyl (C=O) groups excluding carboxylic acids is 1. The highest BCUT2D eigenvalue weighted by molar-refractivity contribution is 7.89. The molecule has 0 unspecified atom stereocenters. The van der Waals surface area contributed by atoms with Crippen molar-refractivity contribution in [2.45, 2.75) is 107 Å². The minimum Gasteiger partial charge on any atom is -0.497 e. The zero-order chi connectivity index (χ0) is 51.7. The number of rotatable bonds is 25.